The van der Waals surface area contributed by atoms with Gasteiger partial charge in [0.25, 0.3) is 5.56 Å². The molecule has 3 aromatic heterocycles. The van der Waals surface area contributed by atoms with Crippen LogP contribution in [-0.2, 0) is 20.8 Å². The topological polar surface area (TPSA) is 177 Å². The number of benzene rings is 2. The van der Waals surface area contributed by atoms with Gasteiger partial charge in [-0.1, -0.05) is 31.2 Å². The number of hydrogen-bond donors (Lipinski definition) is 4. The molecular formula is C45H58N10O4. The summed E-state index contributed by atoms with van der Waals surface area (Å²) in [5, 5.41) is 12.3. The normalized spacial score (nSPS) is 18.0. The van der Waals surface area contributed by atoms with Crippen molar-refractivity contribution in [1.82, 2.24) is 40.2 Å². The molecule has 14 heteroatoms. The summed E-state index contributed by atoms with van der Waals surface area (Å²) in [7, 11) is 0. The third-order valence-corrected chi connectivity index (χ3v) is 12.5. The molecule has 0 bridgehead atoms. The van der Waals surface area contributed by atoms with E-state index in [9.17, 15) is 19.2 Å². The molecule has 5 N–H and O–H groups in total. The van der Waals surface area contributed by atoms with Crippen molar-refractivity contribution in [1.29, 1.82) is 0 Å². The van der Waals surface area contributed by atoms with Crippen molar-refractivity contribution in [2.24, 2.45) is 11.7 Å². The van der Waals surface area contributed by atoms with E-state index < -0.39 is 12.1 Å². The van der Waals surface area contributed by atoms with Gasteiger partial charge in [-0.15, -0.1) is 0 Å². The number of piperidine rings is 2. The number of anilines is 1. The monoisotopic (exact) mass is 802 g/mol. The SMILES string of the molecule is CCN1CCC(CC(NC(=O)C(N)Cc2cc(C)c3[nH]ncc3c2)C(=O)N2CCN(c3ccncc3)CC2)CC1.O=CN1CCC(c2cc3ccccc3[nH]c2=O)CC1. The van der Waals surface area contributed by atoms with E-state index in [0.717, 1.165) is 122 Å². The van der Waals surface area contributed by atoms with E-state index in [1.807, 2.05) is 66.4 Å². The lowest BCUT2D eigenvalue weighted by atomic mass is 9.89. The molecule has 3 aliphatic rings. The zero-order chi connectivity index (χ0) is 41.3. The number of aromatic nitrogens is 4. The Morgan fingerprint density at radius 3 is 2.37 bits per heavy atom. The van der Waals surface area contributed by atoms with Crippen molar-refractivity contribution in [3.63, 3.8) is 0 Å². The maximum Gasteiger partial charge on any atom is 0.251 e. The molecule has 14 nitrogen and oxygen atoms in total. The molecule has 5 aromatic rings. The summed E-state index contributed by atoms with van der Waals surface area (Å²) < 4.78 is 0. The van der Waals surface area contributed by atoms with Gasteiger partial charge in [-0.3, -0.25) is 29.3 Å². The highest BCUT2D eigenvalue weighted by Crippen LogP contribution is 2.27. The van der Waals surface area contributed by atoms with Gasteiger partial charge in [-0.25, -0.2) is 0 Å². The van der Waals surface area contributed by atoms with Gasteiger partial charge >= 0.3 is 0 Å². The molecular weight excluding hydrogens is 745 g/mol. The summed E-state index contributed by atoms with van der Waals surface area (Å²) in [5.74, 6) is 0.385. The molecule has 59 heavy (non-hydrogen) atoms. The Kier molecular flexibility index (Phi) is 13.7. The van der Waals surface area contributed by atoms with Crippen LogP contribution in [0.4, 0.5) is 5.69 Å². The van der Waals surface area contributed by atoms with Crippen LogP contribution in [0.2, 0.25) is 0 Å². The Morgan fingerprint density at radius 1 is 0.932 bits per heavy atom. The van der Waals surface area contributed by atoms with Crippen LogP contribution in [0.25, 0.3) is 21.8 Å². The van der Waals surface area contributed by atoms with Gasteiger partial charge in [0.2, 0.25) is 18.2 Å². The molecule has 0 aliphatic carbocycles. The number of H-pyrrole nitrogens is 2. The minimum atomic E-state index is -0.746. The number of nitrogens with one attached hydrogen (secondary N) is 3. The molecule has 0 radical (unpaired) electrons. The first-order chi connectivity index (χ1) is 28.7. The predicted octanol–water partition coefficient (Wildman–Crippen LogP) is 3.96. The highest BCUT2D eigenvalue weighted by atomic mass is 16.2. The molecule has 3 amide bonds. The van der Waals surface area contributed by atoms with Crippen molar-refractivity contribution in [2.45, 2.75) is 70.4 Å². The number of carbonyl (C=O) groups is 3. The molecule has 0 saturated carbocycles. The number of piperazine rings is 1. The maximum atomic E-state index is 13.8. The van der Waals surface area contributed by atoms with Crippen LogP contribution in [0.15, 0.2) is 78.0 Å². The number of likely N-dealkylation sites (tertiary alicyclic amines) is 2. The average molecular weight is 803 g/mol. The fraction of sp³-hybridized carbons (Fsp3) is 0.467. The summed E-state index contributed by atoms with van der Waals surface area (Å²) in [5.41, 5.74) is 12.3. The summed E-state index contributed by atoms with van der Waals surface area (Å²) in [6.07, 6.45) is 11.1. The molecule has 2 unspecified atom stereocenters. The second-order valence-electron chi connectivity index (χ2n) is 16.3. The number of pyridine rings is 2. The number of aromatic amines is 2. The number of nitrogens with zero attached hydrogens (tertiary/aromatic N) is 6. The fourth-order valence-electron chi connectivity index (χ4n) is 8.89. The lowest BCUT2D eigenvalue weighted by Crippen LogP contribution is -2.57. The Morgan fingerprint density at radius 2 is 1.66 bits per heavy atom. The van der Waals surface area contributed by atoms with Crippen LogP contribution in [0, 0.1) is 12.8 Å². The zero-order valence-corrected chi connectivity index (χ0v) is 34.3. The van der Waals surface area contributed by atoms with E-state index in [2.05, 4.69) is 42.2 Å². The van der Waals surface area contributed by atoms with Gasteiger partial charge in [0.15, 0.2) is 0 Å². The summed E-state index contributed by atoms with van der Waals surface area (Å²) in [4.78, 5) is 65.5. The van der Waals surface area contributed by atoms with E-state index in [0.29, 0.717) is 31.8 Å². The Labute approximate surface area is 345 Å². The first-order valence-corrected chi connectivity index (χ1v) is 21.1. The van der Waals surface area contributed by atoms with Gasteiger partial charge in [0, 0.05) is 73.8 Å². The second kappa shape index (κ2) is 19.4. The number of amides is 3. The highest BCUT2D eigenvalue weighted by molar-refractivity contribution is 5.90. The molecule has 3 saturated heterocycles. The Balaban J connectivity index is 0.000000231. The number of rotatable bonds is 11. The number of aryl methyl sites for hydroxylation is 1. The first kappa shape index (κ1) is 41.6. The molecule has 312 valence electrons. The van der Waals surface area contributed by atoms with E-state index >= 15 is 0 Å². The quantitative estimate of drug-likeness (QED) is 0.144. The predicted molar refractivity (Wildman–Crippen MR) is 231 cm³/mol. The van der Waals surface area contributed by atoms with E-state index in [1.54, 1.807) is 23.5 Å². The van der Waals surface area contributed by atoms with Crippen molar-refractivity contribution in [3.8, 4) is 0 Å². The van der Waals surface area contributed by atoms with Crippen LogP contribution in [0.1, 0.15) is 61.6 Å². The number of hydrogen-bond acceptors (Lipinski definition) is 9. The second-order valence-corrected chi connectivity index (χ2v) is 16.3. The molecule has 2 aromatic carbocycles. The molecule has 6 heterocycles. The van der Waals surface area contributed by atoms with Crippen LogP contribution >= 0.6 is 0 Å². The minimum absolute atomic E-state index is 0.00301. The van der Waals surface area contributed by atoms with Gasteiger partial charge < -0.3 is 35.6 Å². The molecule has 2 atom stereocenters. The Bertz CT molecular complexity index is 2240. The lowest BCUT2D eigenvalue weighted by molar-refractivity contribution is -0.137. The van der Waals surface area contributed by atoms with E-state index in [1.165, 1.54) is 0 Å². The van der Waals surface area contributed by atoms with Crippen molar-refractivity contribution in [3.05, 3.63) is 100 Å². The van der Waals surface area contributed by atoms with Gasteiger partial charge in [-0.2, -0.15) is 5.10 Å². The third kappa shape index (κ3) is 10.4. The highest BCUT2D eigenvalue weighted by Gasteiger charge is 2.33. The lowest BCUT2D eigenvalue weighted by Gasteiger charge is -2.39. The molecule has 8 rings (SSSR count). The first-order valence-electron chi connectivity index (χ1n) is 21.1. The number of para-hydroxylation sites is 1. The van der Waals surface area contributed by atoms with Crippen LogP contribution in [0.3, 0.4) is 0 Å². The van der Waals surface area contributed by atoms with Gasteiger partial charge in [0.1, 0.15) is 6.04 Å². The molecule has 3 fully saturated rings. The van der Waals surface area contributed by atoms with Crippen LogP contribution in [-0.4, -0.2) is 124 Å². The van der Waals surface area contributed by atoms with Gasteiger partial charge in [0.05, 0.1) is 17.8 Å². The summed E-state index contributed by atoms with van der Waals surface area (Å²) in [6, 6.07) is 16.5. The Hall–Kier alpha value is -5.60. The largest absolute Gasteiger partial charge is 0.368 e. The smallest absolute Gasteiger partial charge is 0.251 e. The number of carbonyl (C=O) groups excluding carboxylic acids is 3. The average Bonchev–Trinajstić information content (AvgIpc) is 3.76. The zero-order valence-electron chi connectivity index (χ0n) is 34.3. The maximum absolute atomic E-state index is 13.8. The summed E-state index contributed by atoms with van der Waals surface area (Å²) in [6.45, 7) is 11.5. The van der Waals surface area contributed by atoms with Crippen molar-refractivity contribution >= 4 is 45.7 Å². The van der Waals surface area contributed by atoms with Crippen molar-refractivity contribution < 1.29 is 14.4 Å². The fourth-order valence-corrected chi connectivity index (χ4v) is 8.89. The minimum Gasteiger partial charge on any atom is -0.368 e. The third-order valence-electron chi connectivity index (χ3n) is 12.5. The summed E-state index contributed by atoms with van der Waals surface area (Å²) >= 11 is 0. The van der Waals surface area contributed by atoms with E-state index in [-0.39, 0.29) is 23.3 Å². The van der Waals surface area contributed by atoms with Crippen LogP contribution < -0.4 is 21.5 Å². The van der Waals surface area contributed by atoms with Crippen molar-refractivity contribution in [2.75, 3.05) is 63.8 Å². The number of fused-ring (bicyclic) bond motifs is 2. The number of nitrogens with two attached hydrogens (primary N) is 1. The molecule has 0 spiro atoms. The van der Waals surface area contributed by atoms with Crippen LogP contribution in [0.5, 0.6) is 0 Å². The van der Waals surface area contributed by atoms with Gasteiger partial charge in [-0.05, 0) is 124 Å². The standard InChI is InChI=1S/C30H42N8O2.C15H16N2O2/c1-3-36-10-6-22(7-11-36)19-27(30(40)38-14-12-37(13-15-38)25-4-8-32-9-5-25)34-29(39)26(31)18-23-16-21(2)28-24(17-23)20-33-35-28;18-10-17-7-5-11(6-8-17)13-9-12-3-1-2-4-14(12)16-15(13)19/h4-5,8-9,16-17,20,22,26-27H,3,6-7,10-15,18-19,31H2,1-2H3,(H,33,35)(H,34,39);1-4,9-11H,5-8H2,(H,16,19). The van der Waals surface area contributed by atoms with E-state index in [4.69, 9.17) is 5.73 Å². The molecule has 3 aliphatic heterocycles.